The molecule has 0 bridgehead atoms. The van der Waals surface area contributed by atoms with E-state index in [0.717, 1.165) is 57.8 Å². The largest absolute Gasteiger partial charge is 0.396 e. The lowest BCUT2D eigenvalue weighted by atomic mass is 9.83. The topological polar surface area (TPSA) is 119 Å². The van der Waals surface area contributed by atoms with Gasteiger partial charge in [-0.15, -0.1) is 0 Å². The Hall–Kier alpha value is -1.67. The number of nitrogens with zero attached hydrogens (tertiary/aromatic N) is 1. The maximum atomic E-state index is 13.0. The van der Waals surface area contributed by atoms with Crippen LogP contribution in [0.4, 0.5) is 4.79 Å². The zero-order valence-corrected chi connectivity index (χ0v) is 19.9. The fourth-order valence-electron chi connectivity index (χ4n) is 4.76. The molecule has 32 heavy (non-hydrogen) atoms. The van der Waals surface area contributed by atoms with E-state index in [2.05, 4.69) is 10.6 Å². The number of carbonyl (C=O) groups excluding carboxylic acids is 3. The number of carbonyl (C=O) groups is 3. The molecule has 184 valence electrons. The van der Waals surface area contributed by atoms with E-state index in [1.54, 1.807) is 13.8 Å². The van der Waals surface area contributed by atoms with E-state index in [9.17, 15) is 19.5 Å². The Morgan fingerprint density at radius 3 is 2.19 bits per heavy atom. The number of amides is 4. The smallest absolute Gasteiger partial charge is 0.324 e. The Morgan fingerprint density at radius 1 is 1.00 bits per heavy atom. The zero-order chi connectivity index (χ0) is 23.6. The van der Waals surface area contributed by atoms with Crippen molar-refractivity contribution in [2.75, 3.05) is 13.2 Å². The van der Waals surface area contributed by atoms with Gasteiger partial charge in [0, 0.05) is 37.1 Å². The fraction of sp³-hybridized carbons (Fsp3) is 0.875. The minimum absolute atomic E-state index is 0.0458. The molecule has 0 saturated heterocycles. The van der Waals surface area contributed by atoms with Gasteiger partial charge in [0.25, 0.3) is 0 Å². The monoisotopic (exact) mass is 453 g/mol. The van der Waals surface area contributed by atoms with Crippen LogP contribution in [-0.2, 0) is 9.59 Å². The molecule has 2 fully saturated rings. The Balaban J connectivity index is 1.86. The van der Waals surface area contributed by atoms with Crippen LogP contribution in [0.5, 0.6) is 0 Å². The average Bonchev–Trinajstić information content (AvgIpc) is 2.77. The Labute approximate surface area is 192 Å². The molecule has 8 nitrogen and oxygen atoms in total. The normalized spacial score (nSPS) is 19.2. The minimum Gasteiger partial charge on any atom is -0.396 e. The molecule has 2 rings (SSSR count). The molecule has 0 aliphatic heterocycles. The third-order valence-electron chi connectivity index (χ3n) is 6.97. The summed E-state index contributed by atoms with van der Waals surface area (Å²) in [7, 11) is 0. The number of imide groups is 1. The molecule has 4 amide bonds. The van der Waals surface area contributed by atoms with Crippen molar-refractivity contribution in [1.29, 1.82) is 0 Å². The summed E-state index contributed by atoms with van der Waals surface area (Å²) in [6.07, 6.45) is 9.94. The van der Waals surface area contributed by atoms with Crippen LogP contribution < -0.4 is 10.6 Å². The van der Waals surface area contributed by atoms with Crippen LogP contribution in [0.1, 0.15) is 97.3 Å². The molecule has 0 heterocycles. The Kier molecular flexibility index (Phi) is 10.9. The Morgan fingerprint density at radius 2 is 1.59 bits per heavy atom. The number of hydrogen-bond acceptors (Lipinski definition) is 5. The molecular formula is C24H43N3O5. The van der Waals surface area contributed by atoms with Crippen molar-refractivity contribution < 1.29 is 24.6 Å². The Bertz CT molecular complexity index is 613. The first-order valence-electron chi connectivity index (χ1n) is 12.5. The second-order valence-electron chi connectivity index (χ2n) is 10.1. The molecule has 2 aliphatic carbocycles. The fourth-order valence-corrected chi connectivity index (χ4v) is 4.76. The van der Waals surface area contributed by atoms with Gasteiger partial charge in [0.05, 0.1) is 0 Å². The summed E-state index contributed by atoms with van der Waals surface area (Å²) in [5.41, 5.74) is -0.732. The van der Waals surface area contributed by atoms with Crippen LogP contribution >= 0.6 is 0 Å². The molecule has 1 unspecified atom stereocenters. The van der Waals surface area contributed by atoms with Crippen molar-refractivity contribution >= 4 is 17.8 Å². The predicted molar refractivity (Wildman–Crippen MR) is 123 cm³/mol. The molecule has 8 heteroatoms. The molecule has 0 aromatic carbocycles. The number of urea groups is 1. The first-order valence-corrected chi connectivity index (χ1v) is 12.5. The van der Waals surface area contributed by atoms with Crippen molar-refractivity contribution in [3.63, 3.8) is 0 Å². The van der Waals surface area contributed by atoms with Crippen molar-refractivity contribution in [3.8, 4) is 0 Å². The third kappa shape index (κ3) is 8.03. The molecule has 0 spiro atoms. The molecule has 4 N–H and O–H groups in total. The van der Waals surface area contributed by atoms with E-state index in [4.69, 9.17) is 5.11 Å². The summed E-state index contributed by atoms with van der Waals surface area (Å²) < 4.78 is 0. The highest BCUT2D eigenvalue weighted by molar-refractivity contribution is 5.95. The van der Waals surface area contributed by atoms with Gasteiger partial charge in [-0.2, -0.15) is 0 Å². The van der Waals surface area contributed by atoms with Gasteiger partial charge in [-0.25, -0.2) is 4.79 Å². The van der Waals surface area contributed by atoms with Crippen molar-refractivity contribution in [2.45, 2.75) is 116 Å². The molecular weight excluding hydrogens is 410 g/mol. The predicted octanol–water partition coefficient (Wildman–Crippen LogP) is 2.86. The highest BCUT2D eigenvalue weighted by Gasteiger charge is 2.34. The van der Waals surface area contributed by atoms with Crippen LogP contribution in [0.3, 0.4) is 0 Å². The van der Waals surface area contributed by atoms with Gasteiger partial charge in [0.15, 0.2) is 0 Å². The van der Waals surface area contributed by atoms with Crippen molar-refractivity contribution in [1.82, 2.24) is 15.5 Å². The van der Waals surface area contributed by atoms with Gasteiger partial charge in [0.2, 0.25) is 11.8 Å². The lowest BCUT2D eigenvalue weighted by molar-refractivity contribution is -0.136. The van der Waals surface area contributed by atoms with E-state index in [1.165, 1.54) is 11.3 Å². The quantitative estimate of drug-likeness (QED) is 0.379. The second kappa shape index (κ2) is 13.1. The summed E-state index contributed by atoms with van der Waals surface area (Å²) in [4.78, 5) is 39.7. The highest BCUT2D eigenvalue weighted by Crippen LogP contribution is 2.26. The number of rotatable bonds is 10. The number of aliphatic hydroxyl groups excluding tert-OH is 2. The number of nitrogens with one attached hydrogen (secondary N) is 2. The molecule has 2 saturated carbocycles. The second-order valence-corrected chi connectivity index (χ2v) is 10.1. The highest BCUT2D eigenvalue weighted by atomic mass is 16.3. The average molecular weight is 454 g/mol. The van der Waals surface area contributed by atoms with E-state index in [-0.39, 0.29) is 43.6 Å². The first-order chi connectivity index (χ1) is 15.3. The molecule has 1 atom stereocenters. The van der Waals surface area contributed by atoms with E-state index < -0.39 is 17.4 Å². The van der Waals surface area contributed by atoms with Gasteiger partial charge in [0.1, 0.15) is 6.10 Å². The lowest BCUT2D eigenvalue weighted by Gasteiger charge is -2.34. The molecule has 0 radical (unpaired) electrons. The van der Waals surface area contributed by atoms with Gasteiger partial charge in [-0.3, -0.25) is 14.5 Å². The van der Waals surface area contributed by atoms with Crippen LogP contribution in [0.25, 0.3) is 0 Å². The summed E-state index contributed by atoms with van der Waals surface area (Å²) in [6, 6.07) is -0.160. The van der Waals surface area contributed by atoms with Gasteiger partial charge >= 0.3 is 6.03 Å². The SMILES string of the molecule is CC(C)(CCO)C(O)C(=O)NCCCC(=O)N(C(=O)NC1CCCCC1)C1CCCCC1. The van der Waals surface area contributed by atoms with Gasteiger partial charge in [-0.05, 0) is 38.5 Å². The summed E-state index contributed by atoms with van der Waals surface area (Å²) in [5, 5.41) is 25.1. The molecule has 0 aromatic rings. The van der Waals surface area contributed by atoms with E-state index >= 15 is 0 Å². The maximum Gasteiger partial charge on any atom is 0.324 e. The van der Waals surface area contributed by atoms with Gasteiger partial charge < -0.3 is 20.8 Å². The molecule has 0 aromatic heterocycles. The van der Waals surface area contributed by atoms with Gasteiger partial charge in [-0.1, -0.05) is 52.4 Å². The number of aliphatic hydroxyl groups is 2. The lowest BCUT2D eigenvalue weighted by Crippen LogP contribution is -2.53. The number of hydrogen-bond donors (Lipinski definition) is 4. The summed E-state index contributed by atoms with van der Waals surface area (Å²) in [6.45, 7) is 3.60. The standard InChI is InChI=1S/C24H43N3O5/c1-24(2,15-17-28)21(30)22(31)25-16-9-14-20(29)27(19-12-7-4-8-13-19)23(32)26-18-10-5-3-6-11-18/h18-19,21,28,30H,3-17H2,1-2H3,(H,25,31)(H,26,32). The van der Waals surface area contributed by atoms with Crippen LogP contribution in [0, 0.1) is 5.41 Å². The van der Waals surface area contributed by atoms with Crippen LogP contribution in [-0.4, -0.2) is 64.3 Å². The van der Waals surface area contributed by atoms with Crippen LogP contribution in [0.15, 0.2) is 0 Å². The maximum absolute atomic E-state index is 13.0. The summed E-state index contributed by atoms with van der Waals surface area (Å²) >= 11 is 0. The first kappa shape index (κ1) is 26.6. The van der Waals surface area contributed by atoms with Crippen molar-refractivity contribution in [2.24, 2.45) is 5.41 Å². The third-order valence-corrected chi connectivity index (χ3v) is 6.97. The van der Waals surface area contributed by atoms with Crippen molar-refractivity contribution in [3.05, 3.63) is 0 Å². The minimum atomic E-state index is -1.23. The zero-order valence-electron chi connectivity index (χ0n) is 19.9. The van der Waals surface area contributed by atoms with E-state index in [1.807, 2.05) is 0 Å². The summed E-state index contributed by atoms with van der Waals surface area (Å²) in [5.74, 6) is -0.698. The molecule has 2 aliphatic rings. The van der Waals surface area contributed by atoms with Crippen LogP contribution in [0.2, 0.25) is 0 Å². The van der Waals surface area contributed by atoms with E-state index in [0.29, 0.717) is 12.8 Å².